The molecule has 0 spiro atoms. The summed E-state index contributed by atoms with van der Waals surface area (Å²) in [7, 11) is 1.64. The highest BCUT2D eigenvalue weighted by molar-refractivity contribution is 7.12. The van der Waals surface area contributed by atoms with Gasteiger partial charge in [-0.3, -0.25) is 4.57 Å². The van der Waals surface area contributed by atoms with Gasteiger partial charge in [0.25, 0.3) is 0 Å². The van der Waals surface area contributed by atoms with Gasteiger partial charge in [0.1, 0.15) is 17.7 Å². The Morgan fingerprint density at radius 1 is 1.21 bits per heavy atom. The molecule has 0 bridgehead atoms. The van der Waals surface area contributed by atoms with Crippen molar-refractivity contribution in [2.24, 2.45) is 0 Å². The molecule has 0 amide bonds. The van der Waals surface area contributed by atoms with Crippen molar-refractivity contribution < 1.29 is 4.74 Å². The molecule has 1 aliphatic heterocycles. The summed E-state index contributed by atoms with van der Waals surface area (Å²) in [4.78, 5) is 9.74. The third kappa shape index (κ3) is 3.13. The summed E-state index contributed by atoms with van der Waals surface area (Å²) >= 11 is 7.84. The fourth-order valence-corrected chi connectivity index (χ4v) is 4.17. The van der Waals surface area contributed by atoms with Crippen LogP contribution in [0.5, 0.6) is 0 Å². The largest absolute Gasteiger partial charge is 0.378 e. The molecule has 0 saturated carbocycles. The molecule has 0 aliphatic carbocycles. The minimum atomic E-state index is 0.376. The monoisotopic (exact) mass is 422 g/mol. The molecule has 0 saturated heterocycles. The first kappa shape index (κ1) is 18.1. The first-order valence-electron chi connectivity index (χ1n) is 8.87. The molecule has 0 radical (unpaired) electrons. The topological polar surface area (TPSA) is 70.7 Å². The van der Waals surface area contributed by atoms with Crippen LogP contribution >= 0.6 is 22.9 Å². The lowest BCUT2D eigenvalue weighted by molar-refractivity contribution is 0.180. The van der Waals surface area contributed by atoms with Crippen molar-refractivity contribution in [3.05, 3.63) is 68.4 Å². The molecule has 144 valence electrons. The van der Waals surface area contributed by atoms with Crippen LogP contribution in [0.15, 0.2) is 30.7 Å². The zero-order chi connectivity index (χ0) is 20.0. The zero-order valence-electron chi connectivity index (χ0n) is 15.7. The van der Waals surface area contributed by atoms with Crippen LogP contribution in [0.2, 0.25) is 5.02 Å². The molecule has 3 aromatic heterocycles. The summed E-state index contributed by atoms with van der Waals surface area (Å²) in [6.07, 6.45) is 4.15. The number of aryl methyl sites for hydroxylation is 1. The molecule has 4 heterocycles. The number of aromatic nitrogens is 6. The van der Waals surface area contributed by atoms with Gasteiger partial charge in [-0.15, -0.1) is 16.4 Å². The maximum absolute atomic E-state index is 6.28. The lowest BCUT2D eigenvalue weighted by atomic mass is 10.1. The molecule has 29 heavy (non-hydrogen) atoms. The second-order valence-electron chi connectivity index (χ2n) is 6.54. The summed E-state index contributed by atoms with van der Waals surface area (Å²) in [5.41, 5.74) is 5.18. The summed E-state index contributed by atoms with van der Waals surface area (Å²) < 4.78 is 9.18. The van der Waals surface area contributed by atoms with E-state index in [0.717, 1.165) is 44.0 Å². The quantitative estimate of drug-likeness (QED) is 0.408. The van der Waals surface area contributed by atoms with Gasteiger partial charge in [-0.05, 0) is 37.0 Å². The highest BCUT2D eigenvalue weighted by Gasteiger charge is 2.25. The van der Waals surface area contributed by atoms with Crippen LogP contribution in [0.4, 0.5) is 0 Å². The van der Waals surface area contributed by atoms with Gasteiger partial charge in [0, 0.05) is 18.6 Å². The molecule has 4 aromatic rings. The third-order valence-corrected chi connectivity index (χ3v) is 5.74. The van der Waals surface area contributed by atoms with Crippen molar-refractivity contribution in [2.75, 3.05) is 7.11 Å². The normalized spacial score (nSPS) is 11.8. The summed E-state index contributed by atoms with van der Waals surface area (Å²) in [6, 6.07) is 5.69. The van der Waals surface area contributed by atoms with Crippen LogP contribution in [0.1, 0.15) is 32.7 Å². The second kappa shape index (κ2) is 7.12. The van der Waals surface area contributed by atoms with E-state index in [9.17, 15) is 0 Å². The molecule has 0 atom stereocenters. The van der Waals surface area contributed by atoms with Crippen molar-refractivity contribution in [3.8, 4) is 23.2 Å². The van der Waals surface area contributed by atoms with E-state index in [1.807, 2.05) is 34.4 Å². The minimum absolute atomic E-state index is 0.376. The Morgan fingerprint density at radius 2 is 2.10 bits per heavy atom. The highest BCUT2D eigenvalue weighted by atomic mass is 35.5. The first-order valence-corrected chi connectivity index (χ1v) is 10.1. The zero-order valence-corrected chi connectivity index (χ0v) is 17.3. The predicted octanol–water partition coefficient (Wildman–Crippen LogP) is 3.32. The van der Waals surface area contributed by atoms with E-state index in [2.05, 4.69) is 32.1 Å². The van der Waals surface area contributed by atoms with Gasteiger partial charge in [-0.25, -0.2) is 14.6 Å². The average Bonchev–Trinajstić information content (AvgIpc) is 3.39. The molecule has 0 N–H and O–H groups in total. The predicted molar refractivity (Wildman–Crippen MR) is 110 cm³/mol. The van der Waals surface area contributed by atoms with Crippen LogP contribution in [-0.2, 0) is 17.8 Å². The standard InChI is InChI=1S/C20H15ClN6OS/c1-12-22-9-14(29-12)4-5-15-18-8-19-16(10-28-2)24-25-27(19)20-7-13(21)3-6-17(20)26(18)11-23-15/h3,6-7,9,11H,8,10H2,1-2H3. The van der Waals surface area contributed by atoms with E-state index in [-0.39, 0.29) is 0 Å². The summed E-state index contributed by atoms with van der Waals surface area (Å²) in [6.45, 7) is 2.34. The minimum Gasteiger partial charge on any atom is -0.378 e. The molecular weight excluding hydrogens is 408 g/mol. The fraction of sp³-hybridized carbons (Fsp3) is 0.200. The second-order valence-corrected chi connectivity index (χ2v) is 8.21. The first-order chi connectivity index (χ1) is 14.1. The molecule has 5 rings (SSSR count). The number of nitrogens with zero attached hydrogens (tertiary/aromatic N) is 6. The smallest absolute Gasteiger partial charge is 0.135 e. The van der Waals surface area contributed by atoms with E-state index in [0.29, 0.717) is 18.1 Å². The Morgan fingerprint density at radius 3 is 2.90 bits per heavy atom. The van der Waals surface area contributed by atoms with Crippen molar-refractivity contribution in [1.82, 2.24) is 29.5 Å². The molecule has 1 aliphatic rings. The number of ether oxygens (including phenoxy) is 1. The average molecular weight is 423 g/mol. The van der Waals surface area contributed by atoms with E-state index in [1.165, 1.54) is 0 Å². The molecule has 0 fully saturated rings. The van der Waals surface area contributed by atoms with E-state index < -0.39 is 0 Å². The fourth-order valence-electron chi connectivity index (χ4n) is 3.38. The summed E-state index contributed by atoms with van der Waals surface area (Å²) in [5, 5.41) is 10.3. The van der Waals surface area contributed by atoms with Crippen LogP contribution in [0.25, 0.3) is 11.4 Å². The molecule has 0 unspecified atom stereocenters. The Balaban J connectivity index is 1.69. The maximum Gasteiger partial charge on any atom is 0.135 e. The van der Waals surface area contributed by atoms with Gasteiger partial charge >= 0.3 is 0 Å². The lowest BCUT2D eigenvalue weighted by Crippen LogP contribution is -2.04. The Kier molecular flexibility index (Phi) is 4.43. The molecule has 9 heteroatoms. The number of hydrogen-bond acceptors (Lipinski definition) is 6. The number of rotatable bonds is 2. The maximum atomic E-state index is 6.28. The van der Waals surface area contributed by atoms with Gasteiger partial charge in [0.15, 0.2) is 0 Å². The van der Waals surface area contributed by atoms with E-state index >= 15 is 0 Å². The lowest BCUT2D eigenvalue weighted by Gasteiger charge is -2.09. The molecule has 1 aromatic carbocycles. The number of methoxy groups -OCH3 is 1. The highest BCUT2D eigenvalue weighted by Crippen LogP contribution is 2.31. The molecular formula is C20H15ClN6OS. The van der Waals surface area contributed by atoms with Crippen LogP contribution < -0.4 is 0 Å². The SMILES string of the molecule is COCc1nnn2c1Cc1c(C#Cc3cnc(C)s3)ncn1-c1ccc(Cl)cc1-2. The van der Waals surface area contributed by atoms with Gasteiger partial charge < -0.3 is 4.74 Å². The van der Waals surface area contributed by atoms with Crippen molar-refractivity contribution in [1.29, 1.82) is 0 Å². The van der Waals surface area contributed by atoms with Crippen molar-refractivity contribution in [2.45, 2.75) is 20.0 Å². The van der Waals surface area contributed by atoms with Gasteiger partial charge in [0.2, 0.25) is 0 Å². The number of imidazole rings is 1. The number of fused-ring (bicyclic) bond motifs is 5. The third-order valence-electron chi connectivity index (χ3n) is 4.68. The Bertz CT molecular complexity index is 1290. The van der Waals surface area contributed by atoms with Crippen LogP contribution in [-0.4, -0.2) is 36.6 Å². The van der Waals surface area contributed by atoms with E-state index in [4.69, 9.17) is 16.3 Å². The van der Waals surface area contributed by atoms with Crippen molar-refractivity contribution >= 4 is 22.9 Å². The number of halogens is 1. The Hall–Kier alpha value is -2.99. The molecule has 7 nitrogen and oxygen atoms in total. The van der Waals surface area contributed by atoms with E-state index in [1.54, 1.807) is 31.0 Å². The van der Waals surface area contributed by atoms with Gasteiger partial charge in [-0.1, -0.05) is 16.8 Å². The van der Waals surface area contributed by atoms with Crippen LogP contribution in [0.3, 0.4) is 0 Å². The van der Waals surface area contributed by atoms with Crippen molar-refractivity contribution in [3.63, 3.8) is 0 Å². The number of benzene rings is 1. The van der Waals surface area contributed by atoms with Crippen LogP contribution in [0, 0.1) is 18.8 Å². The Labute approximate surface area is 175 Å². The summed E-state index contributed by atoms with van der Waals surface area (Å²) in [5.74, 6) is 6.38. The number of hydrogen-bond donors (Lipinski definition) is 0. The van der Waals surface area contributed by atoms with Gasteiger partial charge in [-0.2, -0.15) is 0 Å². The number of thiazole rings is 1. The van der Waals surface area contributed by atoms with Gasteiger partial charge in [0.05, 0.1) is 45.5 Å².